The van der Waals surface area contributed by atoms with Crippen LogP contribution in [0.4, 0.5) is 34.9 Å². The maximum atomic E-state index is 13.7. The van der Waals surface area contributed by atoms with Gasteiger partial charge in [0.05, 0.1) is 11.9 Å². The van der Waals surface area contributed by atoms with Crippen molar-refractivity contribution in [3.05, 3.63) is 48.8 Å². The fourth-order valence-electron chi connectivity index (χ4n) is 2.77. The van der Waals surface area contributed by atoms with E-state index in [1.165, 1.54) is 18.5 Å². The zero-order chi connectivity index (χ0) is 20.3. The van der Waals surface area contributed by atoms with Crippen LogP contribution in [-0.4, -0.2) is 51.9 Å². The summed E-state index contributed by atoms with van der Waals surface area (Å²) in [6.07, 6.45) is 0.121. The Hall–Kier alpha value is -3.24. The van der Waals surface area contributed by atoms with Crippen LogP contribution in [0.15, 0.2) is 37.3 Å². The number of halogens is 4. The molecule has 1 fully saturated rings. The smallest absolute Gasteiger partial charge is 0.350 e. The zero-order valence-corrected chi connectivity index (χ0v) is 14.6. The van der Waals surface area contributed by atoms with Gasteiger partial charge in [-0.15, -0.1) is 0 Å². The molecular weight excluding hydrogens is 380 g/mol. The van der Waals surface area contributed by atoms with Gasteiger partial charge in [-0.25, -0.2) is 19.3 Å². The fourth-order valence-corrected chi connectivity index (χ4v) is 2.77. The van der Waals surface area contributed by atoms with Crippen LogP contribution in [-0.2, 0) is 11.0 Å². The maximum absolute atomic E-state index is 13.7. The SMILES string of the molecule is C=CC(=O)N1CCN(c2nccnc2Nc2cnc(C(F)(F)F)c(F)c2)CC1. The van der Waals surface area contributed by atoms with E-state index in [0.717, 1.165) is 6.20 Å². The quantitative estimate of drug-likeness (QED) is 0.633. The Morgan fingerprint density at radius 3 is 2.43 bits per heavy atom. The molecule has 0 spiro atoms. The van der Waals surface area contributed by atoms with E-state index in [2.05, 4.69) is 26.8 Å². The molecule has 28 heavy (non-hydrogen) atoms. The van der Waals surface area contributed by atoms with E-state index in [9.17, 15) is 22.4 Å². The molecular formula is C17H16F4N6O. The molecule has 0 aliphatic carbocycles. The van der Waals surface area contributed by atoms with E-state index in [4.69, 9.17) is 0 Å². The molecule has 1 aliphatic heterocycles. The number of alkyl halides is 3. The van der Waals surface area contributed by atoms with Gasteiger partial charge in [-0.05, 0) is 6.08 Å². The normalized spacial score (nSPS) is 14.7. The van der Waals surface area contributed by atoms with Crippen molar-refractivity contribution in [2.24, 2.45) is 0 Å². The molecule has 2 aromatic heterocycles. The van der Waals surface area contributed by atoms with E-state index in [1.54, 1.807) is 4.90 Å². The minimum atomic E-state index is -4.87. The minimum Gasteiger partial charge on any atom is -0.350 e. The molecule has 2 aromatic rings. The molecule has 0 bridgehead atoms. The number of nitrogens with zero attached hydrogens (tertiary/aromatic N) is 5. The molecule has 3 heterocycles. The summed E-state index contributed by atoms with van der Waals surface area (Å²) >= 11 is 0. The van der Waals surface area contributed by atoms with Crippen LogP contribution in [0.1, 0.15) is 5.69 Å². The van der Waals surface area contributed by atoms with E-state index in [0.29, 0.717) is 38.1 Å². The molecule has 7 nitrogen and oxygen atoms in total. The van der Waals surface area contributed by atoms with Crippen molar-refractivity contribution < 1.29 is 22.4 Å². The first-order valence-electron chi connectivity index (χ1n) is 8.26. The lowest BCUT2D eigenvalue weighted by molar-refractivity contribution is -0.143. The van der Waals surface area contributed by atoms with Gasteiger partial charge in [0.25, 0.3) is 0 Å². The summed E-state index contributed by atoms with van der Waals surface area (Å²) in [5, 5.41) is 2.75. The van der Waals surface area contributed by atoms with E-state index in [1.807, 2.05) is 4.90 Å². The summed E-state index contributed by atoms with van der Waals surface area (Å²) in [6.45, 7) is 5.33. The number of hydrogen-bond donors (Lipinski definition) is 1. The van der Waals surface area contributed by atoms with Crippen LogP contribution in [0, 0.1) is 5.82 Å². The predicted octanol–water partition coefficient (Wildman–Crippen LogP) is 2.61. The van der Waals surface area contributed by atoms with Crippen molar-refractivity contribution >= 4 is 23.2 Å². The number of carbonyl (C=O) groups excluding carboxylic acids is 1. The van der Waals surface area contributed by atoms with Gasteiger partial charge >= 0.3 is 6.18 Å². The lowest BCUT2D eigenvalue weighted by atomic mass is 10.3. The standard InChI is InChI=1S/C17H16F4N6O/c1-2-13(28)26-5-7-27(8-6-26)16-15(22-3-4-23-16)25-11-9-12(18)14(24-10-11)17(19,20)21/h2-4,9-10H,1,5-8H2,(H,22,25). The molecule has 11 heteroatoms. The van der Waals surface area contributed by atoms with E-state index >= 15 is 0 Å². The highest BCUT2D eigenvalue weighted by molar-refractivity contribution is 5.87. The molecule has 1 saturated heterocycles. The van der Waals surface area contributed by atoms with Crippen molar-refractivity contribution in [3.63, 3.8) is 0 Å². The average molecular weight is 396 g/mol. The molecule has 0 unspecified atom stereocenters. The summed E-state index contributed by atoms with van der Waals surface area (Å²) in [7, 11) is 0. The van der Waals surface area contributed by atoms with Crippen LogP contribution >= 0.6 is 0 Å². The molecule has 0 aromatic carbocycles. The lowest BCUT2D eigenvalue weighted by Crippen LogP contribution is -2.48. The number of aromatic nitrogens is 3. The van der Waals surface area contributed by atoms with E-state index < -0.39 is 17.7 Å². The van der Waals surface area contributed by atoms with Crippen LogP contribution in [0.25, 0.3) is 0 Å². The average Bonchev–Trinajstić information content (AvgIpc) is 2.67. The summed E-state index contributed by atoms with van der Waals surface area (Å²) in [5.74, 6) is -0.969. The first kappa shape index (κ1) is 19.5. The lowest BCUT2D eigenvalue weighted by Gasteiger charge is -2.35. The number of hydrogen-bond acceptors (Lipinski definition) is 6. The van der Waals surface area contributed by atoms with Crippen molar-refractivity contribution in [1.29, 1.82) is 0 Å². The van der Waals surface area contributed by atoms with Crippen molar-refractivity contribution in [2.45, 2.75) is 6.18 Å². The van der Waals surface area contributed by atoms with E-state index in [-0.39, 0.29) is 17.4 Å². The van der Waals surface area contributed by atoms with Crippen molar-refractivity contribution in [1.82, 2.24) is 19.9 Å². The largest absolute Gasteiger partial charge is 0.436 e. The Bertz CT molecular complexity index is 880. The Morgan fingerprint density at radius 1 is 1.14 bits per heavy atom. The van der Waals surface area contributed by atoms with Gasteiger partial charge in [-0.3, -0.25) is 4.79 Å². The Balaban J connectivity index is 1.77. The summed E-state index contributed by atoms with van der Waals surface area (Å²) in [5.41, 5.74) is -1.58. The van der Waals surface area contributed by atoms with Gasteiger partial charge in [0.1, 0.15) is 0 Å². The van der Waals surface area contributed by atoms with Crippen LogP contribution in [0.5, 0.6) is 0 Å². The third-order valence-electron chi connectivity index (χ3n) is 4.12. The van der Waals surface area contributed by atoms with Crippen molar-refractivity contribution in [3.8, 4) is 0 Å². The van der Waals surface area contributed by atoms with Crippen LogP contribution in [0.2, 0.25) is 0 Å². The first-order valence-corrected chi connectivity index (χ1v) is 8.26. The Labute approximate surface area is 157 Å². The van der Waals surface area contributed by atoms with Gasteiger partial charge in [0.2, 0.25) is 5.91 Å². The molecule has 1 N–H and O–H groups in total. The number of pyridine rings is 1. The van der Waals surface area contributed by atoms with Gasteiger partial charge < -0.3 is 15.1 Å². The first-order chi connectivity index (χ1) is 13.3. The van der Waals surface area contributed by atoms with Crippen LogP contribution < -0.4 is 10.2 Å². The number of rotatable bonds is 4. The fraction of sp³-hybridized carbons (Fsp3) is 0.294. The molecule has 1 aliphatic rings. The summed E-state index contributed by atoms with van der Waals surface area (Å²) in [6, 6.07) is 0.703. The molecule has 0 saturated carbocycles. The molecule has 1 amide bonds. The molecule has 0 atom stereocenters. The second-order valence-electron chi connectivity index (χ2n) is 5.92. The molecule has 0 radical (unpaired) electrons. The predicted molar refractivity (Wildman–Crippen MR) is 93.5 cm³/mol. The Morgan fingerprint density at radius 2 is 1.82 bits per heavy atom. The number of anilines is 3. The monoisotopic (exact) mass is 396 g/mol. The zero-order valence-electron chi connectivity index (χ0n) is 14.6. The third kappa shape index (κ3) is 4.18. The molecule has 3 rings (SSSR count). The highest BCUT2D eigenvalue weighted by Crippen LogP contribution is 2.31. The summed E-state index contributed by atoms with van der Waals surface area (Å²) in [4.78, 5) is 26.7. The molecule has 148 valence electrons. The minimum absolute atomic E-state index is 0.00715. The number of piperazine rings is 1. The Kier molecular flexibility index (Phi) is 5.43. The van der Waals surface area contributed by atoms with Gasteiger partial charge in [0.15, 0.2) is 23.1 Å². The second-order valence-corrected chi connectivity index (χ2v) is 5.92. The summed E-state index contributed by atoms with van der Waals surface area (Å²) < 4.78 is 51.7. The number of nitrogens with one attached hydrogen (secondary N) is 1. The highest BCUT2D eigenvalue weighted by Gasteiger charge is 2.36. The van der Waals surface area contributed by atoms with Crippen LogP contribution in [0.3, 0.4) is 0 Å². The number of amides is 1. The maximum Gasteiger partial charge on any atom is 0.436 e. The second kappa shape index (κ2) is 7.79. The van der Waals surface area contributed by atoms with Gasteiger partial charge in [-0.2, -0.15) is 13.2 Å². The van der Waals surface area contributed by atoms with Gasteiger partial charge in [-0.1, -0.05) is 6.58 Å². The highest BCUT2D eigenvalue weighted by atomic mass is 19.4. The van der Waals surface area contributed by atoms with Crippen molar-refractivity contribution in [2.75, 3.05) is 36.4 Å². The number of carbonyl (C=O) groups is 1. The topological polar surface area (TPSA) is 74.2 Å². The third-order valence-corrected chi connectivity index (χ3v) is 4.12. The van der Waals surface area contributed by atoms with Gasteiger partial charge in [0, 0.05) is 44.6 Å².